The summed E-state index contributed by atoms with van der Waals surface area (Å²) in [6.45, 7) is 7.17. The van der Waals surface area contributed by atoms with Gasteiger partial charge in [-0.25, -0.2) is 4.85 Å². The summed E-state index contributed by atoms with van der Waals surface area (Å²) in [5.41, 5.74) is 1.50. The number of rotatable bonds is 2. The number of anilines is 1. The molecular formula is C12H14BrN3. The molecule has 84 valence electrons. The zero-order valence-corrected chi connectivity index (χ0v) is 10.6. The van der Waals surface area contributed by atoms with Crippen molar-refractivity contribution >= 4 is 27.3 Å². The minimum absolute atomic E-state index is 0.505. The van der Waals surface area contributed by atoms with Crippen molar-refractivity contribution in [2.75, 3.05) is 5.32 Å². The topological polar surface area (TPSA) is 29.3 Å². The highest BCUT2D eigenvalue weighted by atomic mass is 79.9. The zero-order chi connectivity index (χ0) is 11.4. The van der Waals surface area contributed by atoms with Crippen LogP contribution in [0.5, 0.6) is 0 Å². The van der Waals surface area contributed by atoms with E-state index < -0.39 is 0 Å². The third kappa shape index (κ3) is 2.53. The van der Waals surface area contributed by atoms with Gasteiger partial charge in [0.05, 0.1) is 12.3 Å². The van der Waals surface area contributed by atoms with Crippen molar-refractivity contribution in [3.63, 3.8) is 0 Å². The smallest absolute Gasteiger partial charge is 0.226 e. The number of pyridine rings is 1. The average Bonchev–Trinajstić information content (AvgIpc) is 2.31. The number of hydrogen-bond acceptors (Lipinski definition) is 2. The first kappa shape index (κ1) is 11.4. The van der Waals surface area contributed by atoms with E-state index in [1.54, 1.807) is 12.4 Å². The van der Waals surface area contributed by atoms with Gasteiger partial charge in [-0.05, 0) is 12.8 Å². The summed E-state index contributed by atoms with van der Waals surface area (Å²) in [4.78, 5) is 7.64. The molecule has 0 aromatic carbocycles. The summed E-state index contributed by atoms with van der Waals surface area (Å²) in [5.74, 6) is 0. The van der Waals surface area contributed by atoms with E-state index in [2.05, 4.69) is 31.1 Å². The van der Waals surface area contributed by atoms with Crippen molar-refractivity contribution in [1.29, 1.82) is 0 Å². The van der Waals surface area contributed by atoms with Crippen molar-refractivity contribution in [2.24, 2.45) is 0 Å². The van der Waals surface area contributed by atoms with Crippen LogP contribution in [0.4, 0.5) is 11.4 Å². The molecule has 16 heavy (non-hydrogen) atoms. The highest BCUT2D eigenvalue weighted by Crippen LogP contribution is 2.34. The molecule has 0 amide bonds. The SMILES string of the molecule is [C-]#[N+]c1c(Br)cncc1NC1CCCCC1. The van der Waals surface area contributed by atoms with Crippen LogP contribution in [0, 0.1) is 6.57 Å². The molecule has 0 saturated heterocycles. The fraction of sp³-hybridized carbons (Fsp3) is 0.500. The lowest BCUT2D eigenvalue weighted by Crippen LogP contribution is -2.22. The predicted octanol–water partition coefficient (Wildman–Crippen LogP) is 4.14. The Balaban J connectivity index is 2.14. The molecule has 1 aromatic rings. The predicted molar refractivity (Wildman–Crippen MR) is 68.7 cm³/mol. The van der Waals surface area contributed by atoms with Gasteiger partial charge in [0.1, 0.15) is 0 Å². The van der Waals surface area contributed by atoms with Gasteiger partial charge in [0.2, 0.25) is 5.69 Å². The highest BCUT2D eigenvalue weighted by molar-refractivity contribution is 9.10. The van der Waals surface area contributed by atoms with Gasteiger partial charge in [-0.2, -0.15) is 0 Å². The Morgan fingerprint density at radius 1 is 1.31 bits per heavy atom. The molecular weight excluding hydrogens is 266 g/mol. The monoisotopic (exact) mass is 279 g/mol. The molecule has 0 radical (unpaired) electrons. The fourth-order valence-corrected chi connectivity index (χ4v) is 2.53. The van der Waals surface area contributed by atoms with Gasteiger partial charge in [-0.1, -0.05) is 35.2 Å². The molecule has 0 unspecified atom stereocenters. The van der Waals surface area contributed by atoms with Crippen LogP contribution < -0.4 is 5.32 Å². The number of nitrogens with zero attached hydrogens (tertiary/aromatic N) is 2. The first-order chi connectivity index (χ1) is 7.81. The van der Waals surface area contributed by atoms with Crippen LogP contribution in [-0.2, 0) is 0 Å². The maximum absolute atomic E-state index is 7.17. The third-order valence-electron chi connectivity index (χ3n) is 2.95. The van der Waals surface area contributed by atoms with E-state index in [0.29, 0.717) is 11.7 Å². The molecule has 0 aliphatic heterocycles. The quantitative estimate of drug-likeness (QED) is 0.825. The van der Waals surface area contributed by atoms with E-state index in [1.807, 2.05) is 0 Å². The fourth-order valence-electron chi connectivity index (χ4n) is 2.11. The Labute approximate surface area is 104 Å². The zero-order valence-electron chi connectivity index (χ0n) is 9.04. The van der Waals surface area contributed by atoms with Crippen LogP contribution in [0.1, 0.15) is 32.1 Å². The second-order valence-corrected chi connectivity index (χ2v) is 4.96. The van der Waals surface area contributed by atoms with Gasteiger partial charge >= 0.3 is 0 Å². The Bertz CT molecular complexity index is 405. The standard InChI is InChI=1S/C12H14BrN3/c1-14-12-10(13)7-15-8-11(12)16-9-5-3-2-4-6-9/h7-9,16H,2-6H2. The molecule has 0 bridgehead atoms. The molecule has 3 nitrogen and oxygen atoms in total. The van der Waals surface area contributed by atoms with Gasteiger partial charge in [0.15, 0.2) is 0 Å². The summed E-state index contributed by atoms with van der Waals surface area (Å²) in [7, 11) is 0. The van der Waals surface area contributed by atoms with Crippen molar-refractivity contribution in [3.8, 4) is 0 Å². The molecule has 1 saturated carbocycles. The van der Waals surface area contributed by atoms with Crippen molar-refractivity contribution in [3.05, 3.63) is 28.3 Å². The number of nitrogens with one attached hydrogen (secondary N) is 1. The average molecular weight is 280 g/mol. The Morgan fingerprint density at radius 3 is 2.75 bits per heavy atom. The lowest BCUT2D eigenvalue weighted by atomic mass is 9.95. The molecule has 1 heterocycles. The first-order valence-corrected chi connectivity index (χ1v) is 6.38. The number of halogens is 1. The molecule has 1 aliphatic rings. The molecule has 0 atom stereocenters. The molecule has 0 spiro atoms. The second-order valence-electron chi connectivity index (χ2n) is 4.11. The molecule has 1 fully saturated rings. The van der Waals surface area contributed by atoms with E-state index in [0.717, 1.165) is 10.2 Å². The van der Waals surface area contributed by atoms with Crippen molar-refractivity contribution in [1.82, 2.24) is 4.98 Å². The summed E-state index contributed by atoms with van der Waals surface area (Å²) in [6.07, 6.45) is 9.71. The number of hydrogen-bond donors (Lipinski definition) is 1. The van der Waals surface area contributed by atoms with Crippen LogP contribution in [0.3, 0.4) is 0 Å². The maximum atomic E-state index is 7.17. The Morgan fingerprint density at radius 2 is 2.06 bits per heavy atom. The maximum Gasteiger partial charge on any atom is 0.226 e. The Hall–Kier alpha value is -1.08. The van der Waals surface area contributed by atoms with Gasteiger partial charge in [-0.15, -0.1) is 0 Å². The molecule has 2 rings (SSSR count). The van der Waals surface area contributed by atoms with Crippen molar-refractivity contribution in [2.45, 2.75) is 38.1 Å². The lowest BCUT2D eigenvalue weighted by Gasteiger charge is -2.24. The molecule has 1 N–H and O–H groups in total. The molecule has 1 aliphatic carbocycles. The van der Waals surface area contributed by atoms with Crippen LogP contribution in [0.2, 0.25) is 0 Å². The van der Waals surface area contributed by atoms with Gasteiger partial charge in [0.25, 0.3) is 0 Å². The van der Waals surface area contributed by atoms with E-state index in [-0.39, 0.29) is 0 Å². The van der Waals surface area contributed by atoms with Gasteiger partial charge in [0, 0.05) is 22.9 Å². The molecule has 1 aromatic heterocycles. The first-order valence-electron chi connectivity index (χ1n) is 5.59. The summed E-state index contributed by atoms with van der Waals surface area (Å²) in [6, 6.07) is 0.505. The third-order valence-corrected chi connectivity index (χ3v) is 3.53. The minimum Gasteiger partial charge on any atom is -0.390 e. The van der Waals surface area contributed by atoms with Crippen LogP contribution in [0.25, 0.3) is 4.85 Å². The van der Waals surface area contributed by atoms with Crippen LogP contribution in [-0.4, -0.2) is 11.0 Å². The second kappa shape index (κ2) is 5.31. The van der Waals surface area contributed by atoms with Crippen molar-refractivity contribution < 1.29 is 0 Å². The normalized spacial score (nSPS) is 16.8. The van der Waals surface area contributed by atoms with Gasteiger partial charge < -0.3 is 5.32 Å². The lowest BCUT2D eigenvalue weighted by molar-refractivity contribution is 0.463. The summed E-state index contributed by atoms with van der Waals surface area (Å²) in [5, 5.41) is 3.43. The van der Waals surface area contributed by atoms with E-state index in [4.69, 9.17) is 6.57 Å². The molecule has 4 heteroatoms. The van der Waals surface area contributed by atoms with E-state index in [9.17, 15) is 0 Å². The van der Waals surface area contributed by atoms with Crippen LogP contribution >= 0.6 is 15.9 Å². The van der Waals surface area contributed by atoms with E-state index >= 15 is 0 Å². The van der Waals surface area contributed by atoms with Gasteiger partial charge in [-0.3, -0.25) is 4.98 Å². The number of aromatic nitrogens is 1. The van der Waals surface area contributed by atoms with E-state index in [1.165, 1.54) is 32.1 Å². The minimum atomic E-state index is 0.505. The highest BCUT2D eigenvalue weighted by Gasteiger charge is 2.15. The largest absolute Gasteiger partial charge is 0.390 e. The summed E-state index contributed by atoms with van der Waals surface area (Å²) >= 11 is 3.36. The summed E-state index contributed by atoms with van der Waals surface area (Å²) < 4.78 is 0.767. The van der Waals surface area contributed by atoms with Crippen LogP contribution in [0.15, 0.2) is 16.9 Å². The Kier molecular flexibility index (Phi) is 3.79.